The molecule has 0 bridgehead atoms. The highest BCUT2D eigenvalue weighted by Crippen LogP contribution is 2.16. The third kappa shape index (κ3) is 3.22. The Kier molecular flexibility index (Phi) is 4.48. The molecule has 0 unspecified atom stereocenters. The maximum absolute atomic E-state index is 12.9. The van der Waals surface area contributed by atoms with E-state index in [0.29, 0.717) is 12.2 Å². The van der Waals surface area contributed by atoms with Gasteiger partial charge in [-0.15, -0.1) is 0 Å². The fourth-order valence-electron chi connectivity index (χ4n) is 2.02. The Morgan fingerprint density at radius 3 is 2.30 bits per heavy atom. The minimum absolute atomic E-state index is 0.0579. The lowest BCUT2D eigenvalue weighted by Gasteiger charge is -2.18. The first kappa shape index (κ1) is 14.2. The molecule has 0 radical (unpaired) electrons. The Morgan fingerprint density at radius 1 is 1.10 bits per heavy atom. The zero-order valence-electron chi connectivity index (χ0n) is 11.3. The third-order valence-electron chi connectivity index (χ3n) is 3.27. The molecule has 2 rings (SSSR count). The van der Waals surface area contributed by atoms with Crippen molar-refractivity contribution in [3.05, 3.63) is 65.5 Å². The summed E-state index contributed by atoms with van der Waals surface area (Å²) >= 11 is 0. The molecule has 0 heterocycles. The molecule has 2 aromatic carbocycles. The van der Waals surface area contributed by atoms with E-state index in [4.69, 9.17) is 5.73 Å². The summed E-state index contributed by atoms with van der Waals surface area (Å²) in [4.78, 5) is 13.8. The van der Waals surface area contributed by atoms with Gasteiger partial charge in [-0.2, -0.15) is 0 Å². The molecule has 2 aromatic rings. The van der Waals surface area contributed by atoms with Crippen LogP contribution in [0.25, 0.3) is 0 Å². The third-order valence-corrected chi connectivity index (χ3v) is 3.27. The van der Waals surface area contributed by atoms with Crippen LogP contribution in [0.5, 0.6) is 0 Å². The Labute approximate surface area is 117 Å². The summed E-state index contributed by atoms with van der Waals surface area (Å²) < 4.78 is 12.9. The molecule has 0 atom stereocenters. The van der Waals surface area contributed by atoms with Gasteiger partial charge in [0.25, 0.3) is 0 Å². The number of carbonyl (C=O) groups is 1. The SMILES string of the molecule is CN(C(=O)Cc1ccccc1CN)c1ccc(F)cc1. The van der Waals surface area contributed by atoms with Gasteiger partial charge in [0.2, 0.25) is 5.91 Å². The van der Waals surface area contributed by atoms with Crippen LogP contribution in [-0.4, -0.2) is 13.0 Å². The van der Waals surface area contributed by atoms with Crippen LogP contribution in [0.4, 0.5) is 10.1 Å². The molecule has 0 aliphatic rings. The summed E-state index contributed by atoms with van der Waals surface area (Å²) in [7, 11) is 1.68. The van der Waals surface area contributed by atoms with Crippen LogP contribution in [-0.2, 0) is 17.8 Å². The Morgan fingerprint density at radius 2 is 1.70 bits per heavy atom. The second-order valence-electron chi connectivity index (χ2n) is 4.58. The molecule has 0 aliphatic heterocycles. The van der Waals surface area contributed by atoms with Gasteiger partial charge >= 0.3 is 0 Å². The summed E-state index contributed by atoms with van der Waals surface area (Å²) in [6.45, 7) is 0.406. The quantitative estimate of drug-likeness (QED) is 0.929. The van der Waals surface area contributed by atoms with Crippen molar-refractivity contribution < 1.29 is 9.18 Å². The molecule has 0 aromatic heterocycles. The smallest absolute Gasteiger partial charge is 0.231 e. The minimum atomic E-state index is -0.317. The number of hydrogen-bond acceptors (Lipinski definition) is 2. The topological polar surface area (TPSA) is 46.3 Å². The van der Waals surface area contributed by atoms with Gasteiger partial charge in [0.15, 0.2) is 0 Å². The van der Waals surface area contributed by atoms with E-state index in [-0.39, 0.29) is 18.1 Å². The van der Waals surface area contributed by atoms with E-state index in [2.05, 4.69) is 0 Å². The molecule has 0 saturated carbocycles. The highest BCUT2D eigenvalue weighted by atomic mass is 19.1. The molecule has 1 amide bonds. The largest absolute Gasteiger partial charge is 0.326 e. The second kappa shape index (κ2) is 6.30. The standard InChI is InChI=1S/C16H17FN2O/c1-19(15-8-6-14(17)7-9-15)16(20)10-12-4-2-3-5-13(12)11-18/h2-9H,10-11,18H2,1H3. The normalized spacial score (nSPS) is 10.3. The average Bonchev–Trinajstić information content (AvgIpc) is 2.48. The number of amides is 1. The van der Waals surface area contributed by atoms with Crippen molar-refractivity contribution >= 4 is 11.6 Å². The van der Waals surface area contributed by atoms with E-state index in [1.165, 1.54) is 17.0 Å². The maximum atomic E-state index is 12.9. The van der Waals surface area contributed by atoms with E-state index in [1.54, 1.807) is 19.2 Å². The predicted octanol–water partition coefficient (Wildman–Crippen LogP) is 2.49. The Bertz CT molecular complexity index is 596. The fraction of sp³-hybridized carbons (Fsp3) is 0.188. The van der Waals surface area contributed by atoms with Gasteiger partial charge in [0, 0.05) is 19.3 Å². The first-order valence-corrected chi connectivity index (χ1v) is 6.41. The molecular formula is C16H17FN2O. The molecule has 4 heteroatoms. The van der Waals surface area contributed by atoms with E-state index < -0.39 is 0 Å². The molecule has 104 valence electrons. The number of nitrogens with zero attached hydrogens (tertiary/aromatic N) is 1. The highest BCUT2D eigenvalue weighted by Gasteiger charge is 2.13. The van der Waals surface area contributed by atoms with Crippen LogP contribution in [0.15, 0.2) is 48.5 Å². The van der Waals surface area contributed by atoms with E-state index >= 15 is 0 Å². The van der Waals surface area contributed by atoms with Gasteiger partial charge in [-0.05, 0) is 35.4 Å². The van der Waals surface area contributed by atoms with Crippen molar-refractivity contribution in [2.45, 2.75) is 13.0 Å². The van der Waals surface area contributed by atoms with Crippen LogP contribution in [0.1, 0.15) is 11.1 Å². The monoisotopic (exact) mass is 272 g/mol. The molecule has 2 N–H and O–H groups in total. The minimum Gasteiger partial charge on any atom is -0.326 e. The fourth-order valence-corrected chi connectivity index (χ4v) is 2.02. The van der Waals surface area contributed by atoms with E-state index in [1.807, 2.05) is 24.3 Å². The second-order valence-corrected chi connectivity index (χ2v) is 4.58. The Balaban J connectivity index is 2.13. The van der Waals surface area contributed by atoms with Gasteiger partial charge in [-0.1, -0.05) is 24.3 Å². The summed E-state index contributed by atoms with van der Waals surface area (Å²) in [6.07, 6.45) is 0.279. The molecule has 20 heavy (non-hydrogen) atoms. The molecular weight excluding hydrogens is 255 g/mol. The summed E-state index contributed by atoms with van der Waals surface area (Å²) in [6, 6.07) is 13.5. The van der Waals surface area contributed by atoms with Crippen LogP contribution < -0.4 is 10.6 Å². The van der Waals surface area contributed by atoms with Crippen molar-refractivity contribution in [3.63, 3.8) is 0 Å². The first-order chi connectivity index (χ1) is 9.61. The lowest BCUT2D eigenvalue weighted by molar-refractivity contribution is -0.117. The van der Waals surface area contributed by atoms with Gasteiger partial charge in [0.05, 0.1) is 6.42 Å². The number of nitrogens with two attached hydrogens (primary N) is 1. The lowest BCUT2D eigenvalue weighted by atomic mass is 10.0. The van der Waals surface area contributed by atoms with Crippen LogP contribution >= 0.6 is 0 Å². The van der Waals surface area contributed by atoms with Crippen molar-refractivity contribution in [2.24, 2.45) is 5.73 Å². The number of rotatable bonds is 4. The number of halogens is 1. The number of carbonyl (C=O) groups excluding carboxylic acids is 1. The zero-order valence-corrected chi connectivity index (χ0v) is 11.3. The number of hydrogen-bond donors (Lipinski definition) is 1. The Hall–Kier alpha value is -2.20. The molecule has 3 nitrogen and oxygen atoms in total. The average molecular weight is 272 g/mol. The molecule has 0 fully saturated rings. The number of benzene rings is 2. The van der Waals surface area contributed by atoms with Gasteiger partial charge in [-0.3, -0.25) is 4.79 Å². The zero-order chi connectivity index (χ0) is 14.5. The lowest BCUT2D eigenvalue weighted by Crippen LogP contribution is -2.28. The number of likely N-dealkylation sites (N-methyl/N-ethyl adjacent to an activating group) is 1. The summed E-state index contributed by atoms with van der Waals surface area (Å²) in [5, 5.41) is 0. The van der Waals surface area contributed by atoms with Crippen molar-refractivity contribution in [1.29, 1.82) is 0 Å². The van der Waals surface area contributed by atoms with Gasteiger partial charge < -0.3 is 10.6 Å². The molecule has 0 spiro atoms. The summed E-state index contributed by atoms with van der Waals surface area (Å²) in [5.74, 6) is -0.374. The maximum Gasteiger partial charge on any atom is 0.231 e. The number of anilines is 1. The first-order valence-electron chi connectivity index (χ1n) is 6.41. The predicted molar refractivity (Wildman–Crippen MR) is 77.8 cm³/mol. The van der Waals surface area contributed by atoms with Crippen molar-refractivity contribution in [2.75, 3.05) is 11.9 Å². The summed E-state index contributed by atoms with van der Waals surface area (Å²) in [5.41, 5.74) is 8.22. The van der Waals surface area contributed by atoms with Crippen molar-refractivity contribution in [3.8, 4) is 0 Å². The molecule has 0 aliphatic carbocycles. The van der Waals surface area contributed by atoms with Gasteiger partial charge in [-0.25, -0.2) is 4.39 Å². The van der Waals surface area contributed by atoms with Crippen LogP contribution in [0.2, 0.25) is 0 Å². The van der Waals surface area contributed by atoms with Crippen LogP contribution in [0, 0.1) is 5.82 Å². The molecule has 0 saturated heterocycles. The van der Waals surface area contributed by atoms with Gasteiger partial charge in [0.1, 0.15) is 5.82 Å². The van der Waals surface area contributed by atoms with Crippen LogP contribution in [0.3, 0.4) is 0 Å². The van der Waals surface area contributed by atoms with E-state index in [9.17, 15) is 9.18 Å². The van der Waals surface area contributed by atoms with E-state index in [0.717, 1.165) is 11.1 Å². The highest BCUT2D eigenvalue weighted by molar-refractivity contribution is 5.94. The van der Waals surface area contributed by atoms with Crippen molar-refractivity contribution in [1.82, 2.24) is 0 Å².